The topological polar surface area (TPSA) is 97.2 Å². The van der Waals surface area contributed by atoms with Crippen molar-refractivity contribution in [3.63, 3.8) is 0 Å². The van der Waals surface area contributed by atoms with Gasteiger partial charge in [0.15, 0.2) is 5.82 Å². The molecular formula is C22H24FN7O2. The van der Waals surface area contributed by atoms with E-state index in [0.717, 1.165) is 37.1 Å². The molecule has 2 N–H and O–H groups in total. The fourth-order valence-corrected chi connectivity index (χ4v) is 4.85. The van der Waals surface area contributed by atoms with Gasteiger partial charge in [0.1, 0.15) is 17.9 Å². The number of hydrogen-bond donors (Lipinski definition) is 2. The van der Waals surface area contributed by atoms with Crippen molar-refractivity contribution in [1.82, 2.24) is 30.2 Å². The Hall–Kier alpha value is -3.27. The highest BCUT2D eigenvalue weighted by Gasteiger charge is 2.38. The molecule has 4 aliphatic heterocycles. The molecule has 32 heavy (non-hydrogen) atoms. The van der Waals surface area contributed by atoms with E-state index in [1.54, 1.807) is 6.20 Å². The first-order chi connectivity index (χ1) is 15.6. The van der Waals surface area contributed by atoms with Crippen LogP contribution in [0.15, 0.2) is 24.5 Å². The van der Waals surface area contributed by atoms with Crippen LogP contribution in [0.3, 0.4) is 0 Å². The quantitative estimate of drug-likeness (QED) is 0.634. The number of nitrogens with zero attached hydrogens (tertiary/aromatic N) is 5. The summed E-state index contributed by atoms with van der Waals surface area (Å²) in [6, 6.07) is 4.23. The molecule has 7 heterocycles. The zero-order valence-electron chi connectivity index (χ0n) is 17.7. The highest BCUT2D eigenvalue weighted by atomic mass is 19.1. The van der Waals surface area contributed by atoms with Gasteiger partial charge >= 0.3 is 0 Å². The van der Waals surface area contributed by atoms with Crippen molar-refractivity contribution in [3.05, 3.63) is 41.7 Å². The third-order valence-corrected chi connectivity index (χ3v) is 6.49. The molecule has 3 aromatic rings. The summed E-state index contributed by atoms with van der Waals surface area (Å²) < 4.78 is 22.5. The lowest BCUT2D eigenvalue weighted by atomic mass is 9.91. The number of carbonyl (C=O) groups is 1. The number of anilines is 1. The second kappa shape index (κ2) is 7.40. The van der Waals surface area contributed by atoms with Crippen LogP contribution in [0, 0.1) is 5.95 Å². The molecule has 3 unspecified atom stereocenters. The summed E-state index contributed by atoms with van der Waals surface area (Å²) in [5, 5.41) is 7.29. The van der Waals surface area contributed by atoms with Crippen molar-refractivity contribution in [2.75, 3.05) is 24.6 Å². The number of carbonyl (C=O) groups excluding carboxylic acids is 1. The Morgan fingerprint density at radius 3 is 2.94 bits per heavy atom. The van der Waals surface area contributed by atoms with Crippen LogP contribution in [0.2, 0.25) is 0 Å². The maximum atomic E-state index is 14.7. The van der Waals surface area contributed by atoms with Crippen molar-refractivity contribution < 1.29 is 13.9 Å². The number of rotatable bonds is 4. The van der Waals surface area contributed by atoms with Gasteiger partial charge in [-0.1, -0.05) is 0 Å². The fraction of sp³-hybridized carbons (Fsp3) is 0.455. The minimum absolute atomic E-state index is 0.245. The van der Waals surface area contributed by atoms with E-state index in [1.165, 1.54) is 0 Å². The maximum absolute atomic E-state index is 14.7. The van der Waals surface area contributed by atoms with Crippen LogP contribution in [0.25, 0.3) is 11.0 Å². The van der Waals surface area contributed by atoms with Crippen LogP contribution in [0.4, 0.5) is 10.2 Å². The zero-order valence-corrected chi connectivity index (χ0v) is 17.7. The summed E-state index contributed by atoms with van der Waals surface area (Å²) in [5.41, 5.74) is 1.75. The van der Waals surface area contributed by atoms with Gasteiger partial charge in [-0.25, -0.2) is 9.97 Å². The van der Waals surface area contributed by atoms with Gasteiger partial charge in [0.05, 0.1) is 11.6 Å². The van der Waals surface area contributed by atoms with Gasteiger partial charge in [-0.2, -0.15) is 9.37 Å². The van der Waals surface area contributed by atoms with E-state index in [2.05, 4.69) is 25.6 Å². The molecule has 10 heteroatoms. The number of ether oxygens (including phenoxy) is 1. The first-order valence-corrected chi connectivity index (χ1v) is 11.0. The SMILES string of the molecule is CCn1ccc2cc(C(=O)NC3COc4nc(N5CC6CC(C5)N6)c(F)nc4C3)cnc21. The van der Waals surface area contributed by atoms with Crippen LogP contribution in [0.5, 0.6) is 5.88 Å². The first kappa shape index (κ1) is 19.4. The lowest BCUT2D eigenvalue weighted by Crippen LogP contribution is -2.67. The molecule has 3 aromatic heterocycles. The molecule has 9 nitrogen and oxygen atoms in total. The number of aromatic nitrogens is 4. The van der Waals surface area contributed by atoms with Crippen LogP contribution in [0.1, 0.15) is 29.4 Å². The molecule has 0 aromatic carbocycles. The number of pyridine rings is 1. The first-order valence-electron chi connectivity index (χ1n) is 11.0. The molecule has 166 valence electrons. The fourth-order valence-electron chi connectivity index (χ4n) is 4.85. The van der Waals surface area contributed by atoms with Crippen molar-refractivity contribution in [1.29, 1.82) is 0 Å². The Kier molecular flexibility index (Phi) is 4.49. The number of piperidine rings is 1. The molecule has 3 saturated heterocycles. The molecule has 3 fully saturated rings. The summed E-state index contributed by atoms with van der Waals surface area (Å²) in [5.74, 6) is -0.231. The number of piperazine rings is 1. The molecule has 0 radical (unpaired) electrons. The minimum Gasteiger partial charge on any atom is -0.474 e. The molecule has 0 saturated carbocycles. The smallest absolute Gasteiger partial charge is 0.256 e. The van der Waals surface area contributed by atoms with Crippen LogP contribution >= 0.6 is 0 Å². The van der Waals surface area contributed by atoms with Gasteiger partial charge in [0.25, 0.3) is 11.9 Å². The molecule has 0 spiro atoms. The van der Waals surface area contributed by atoms with Crippen LogP contribution in [-0.2, 0) is 13.0 Å². The molecule has 2 bridgehead atoms. The molecule has 4 aliphatic rings. The van der Waals surface area contributed by atoms with E-state index >= 15 is 0 Å². The Bertz CT molecular complexity index is 1200. The molecule has 7 rings (SSSR count). The number of hydrogen-bond acceptors (Lipinski definition) is 7. The monoisotopic (exact) mass is 437 g/mol. The van der Waals surface area contributed by atoms with Crippen LogP contribution in [-0.4, -0.2) is 63.2 Å². The van der Waals surface area contributed by atoms with E-state index in [1.807, 2.05) is 34.7 Å². The molecule has 0 aliphatic carbocycles. The average molecular weight is 437 g/mol. The van der Waals surface area contributed by atoms with Crippen molar-refractivity contribution in [2.24, 2.45) is 0 Å². The minimum atomic E-state index is -0.587. The Labute approximate surface area is 184 Å². The van der Waals surface area contributed by atoms with Gasteiger partial charge in [0.2, 0.25) is 5.88 Å². The normalized spacial score (nSPS) is 23.9. The highest BCUT2D eigenvalue weighted by Crippen LogP contribution is 2.30. The summed E-state index contributed by atoms with van der Waals surface area (Å²) in [6.07, 6.45) is 5.02. The van der Waals surface area contributed by atoms with Gasteiger partial charge in [-0.05, 0) is 25.5 Å². The predicted octanol–water partition coefficient (Wildman–Crippen LogP) is 1.27. The second-order valence-corrected chi connectivity index (χ2v) is 8.72. The third kappa shape index (κ3) is 3.26. The summed E-state index contributed by atoms with van der Waals surface area (Å²) in [7, 11) is 0. The second-order valence-electron chi connectivity index (χ2n) is 8.72. The van der Waals surface area contributed by atoms with E-state index in [-0.39, 0.29) is 24.4 Å². The van der Waals surface area contributed by atoms with Crippen molar-refractivity contribution in [3.8, 4) is 5.88 Å². The lowest BCUT2D eigenvalue weighted by molar-refractivity contribution is 0.0912. The Morgan fingerprint density at radius 2 is 2.16 bits per heavy atom. The van der Waals surface area contributed by atoms with Crippen LogP contribution < -0.4 is 20.3 Å². The Balaban J connectivity index is 1.16. The molecular weight excluding hydrogens is 413 g/mol. The summed E-state index contributed by atoms with van der Waals surface area (Å²) in [6.45, 7) is 4.56. The van der Waals surface area contributed by atoms with E-state index in [4.69, 9.17) is 4.74 Å². The average Bonchev–Trinajstić information content (AvgIpc) is 3.20. The van der Waals surface area contributed by atoms with Gasteiger partial charge in [-0.15, -0.1) is 0 Å². The summed E-state index contributed by atoms with van der Waals surface area (Å²) in [4.78, 5) is 27.7. The standard InChI is InChI=1S/C22H24FN7O2/c1-2-29-4-3-12-5-13(8-24-19(12)29)21(31)26-16-7-17-22(32-11-16)28-20(18(23)27-17)30-9-14-6-15(10-30)25-14/h3-5,8,14-16,25H,2,6-7,9-11H2,1H3,(H,26,31). The van der Waals surface area contributed by atoms with Crippen molar-refractivity contribution >= 4 is 22.8 Å². The van der Waals surface area contributed by atoms with Crippen molar-refractivity contribution in [2.45, 2.75) is 44.4 Å². The van der Waals surface area contributed by atoms with E-state index < -0.39 is 5.95 Å². The van der Waals surface area contributed by atoms with E-state index in [0.29, 0.717) is 35.6 Å². The molecule has 3 atom stereocenters. The number of amides is 1. The number of nitrogens with one attached hydrogen (secondary N) is 2. The van der Waals surface area contributed by atoms with E-state index in [9.17, 15) is 9.18 Å². The summed E-state index contributed by atoms with van der Waals surface area (Å²) >= 11 is 0. The maximum Gasteiger partial charge on any atom is 0.256 e. The number of aryl methyl sites for hydroxylation is 1. The van der Waals surface area contributed by atoms with Gasteiger partial charge in [-0.3, -0.25) is 4.79 Å². The number of fused-ring (bicyclic) bond motifs is 4. The lowest BCUT2D eigenvalue weighted by Gasteiger charge is -2.48. The molecule has 1 amide bonds. The largest absolute Gasteiger partial charge is 0.474 e. The highest BCUT2D eigenvalue weighted by molar-refractivity contribution is 5.97. The Morgan fingerprint density at radius 1 is 1.34 bits per heavy atom. The third-order valence-electron chi connectivity index (χ3n) is 6.49. The zero-order chi connectivity index (χ0) is 21.8. The van der Waals surface area contributed by atoms with Gasteiger partial charge in [0, 0.05) is 55.9 Å². The number of halogens is 1. The van der Waals surface area contributed by atoms with Gasteiger partial charge < -0.3 is 24.8 Å². The predicted molar refractivity (Wildman–Crippen MR) is 115 cm³/mol.